The molecule has 4 rings (SSSR count). The number of benzene rings is 2. The lowest BCUT2D eigenvalue weighted by Gasteiger charge is -2.38. The molecule has 2 aliphatic heterocycles. The van der Waals surface area contributed by atoms with E-state index >= 15 is 0 Å². The molecule has 2 heterocycles. The average Bonchev–Trinajstić information content (AvgIpc) is 3.05. The van der Waals surface area contributed by atoms with Crippen molar-refractivity contribution in [1.82, 2.24) is 14.7 Å². The normalized spacial score (nSPS) is 19.2. The summed E-state index contributed by atoms with van der Waals surface area (Å²) in [6.07, 6.45) is -0.895. The highest BCUT2D eigenvalue weighted by molar-refractivity contribution is 5.85. The van der Waals surface area contributed by atoms with Gasteiger partial charge in [0.1, 0.15) is 0 Å². The van der Waals surface area contributed by atoms with Crippen molar-refractivity contribution in [2.24, 2.45) is 0 Å². The second-order valence-corrected chi connectivity index (χ2v) is 9.18. The highest BCUT2D eigenvalue weighted by Gasteiger charge is 2.30. The second kappa shape index (κ2) is 12.0. The Bertz CT molecular complexity index is 950. The quantitative estimate of drug-likeness (QED) is 0.576. The van der Waals surface area contributed by atoms with Crippen LogP contribution in [0.15, 0.2) is 48.5 Å². The molecule has 2 aliphatic rings. The van der Waals surface area contributed by atoms with Crippen LogP contribution in [0.3, 0.4) is 0 Å². The number of nitrogens with zero attached hydrogens (tertiary/aromatic N) is 4. The Morgan fingerprint density at radius 2 is 1.50 bits per heavy atom. The zero-order valence-corrected chi connectivity index (χ0v) is 20.1. The van der Waals surface area contributed by atoms with Crippen LogP contribution in [-0.2, 0) is 19.3 Å². The van der Waals surface area contributed by atoms with Gasteiger partial charge >= 0.3 is 6.18 Å². The van der Waals surface area contributed by atoms with E-state index in [1.807, 2.05) is 18.2 Å². The number of hydrogen-bond acceptors (Lipinski definition) is 4. The van der Waals surface area contributed by atoms with Crippen LogP contribution >= 0.6 is 12.4 Å². The molecule has 0 saturated carbocycles. The molecule has 0 aromatic heterocycles. The summed E-state index contributed by atoms with van der Waals surface area (Å²) < 4.78 is 38.4. The standard InChI is InChI=1S/C26H31F3N4.ClH/c27-26(28,29)24-7-5-21(6-8-24)19-31-11-2-12-33(16-15-31)25-9-13-32(14-10-25)20-23-4-1-3-22(17-23)18-30;/h1,3-8,17,25H,2,9-16,19-20H2;1H. The lowest BCUT2D eigenvalue weighted by molar-refractivity contribution is -0.137. The summed E-state index contributed by atoms with van der Waals surface area (Å²) in [6.45, 7) is 7.73. The van der Waals surface area contributed by atoms with Gasteiger partial charge in [-0.1, -0.05) is 24.3 Å². The molecule has 184 valence electrons. The van der Waals surface area contributed by atoms with Crippen molar-refractivity contribution >= 4 is 12.4 Å². The summed E-state index contributed by atoms with van der Waals surface area (Å²) in [5.41, 5.74) is 2.26. The monoisotopic (exact) mass is 492 g/mol. The molecule has 4 nitrogen and oxygen atoms in total. The van der Waals surface area contributed by atoms with Crippen LogP contribution in [0.2, 0.25) is 0 Å². The third-order valence-electron chi connectivity index (χ3n) is 6.85. The molecule has 0 N–H and O–H groups in total. The highest BCUT2D eigenvalue weighted by Crippen LogP contribution is 2.29. The van der Waals surface area contributed by atoms with Gasteiger partial charge in [0.25, 0.3) is 0 Å². The van der Waals surface area contributed by atoms with E-state index in [9.17, 15) is 13.2 Å². The average molecular weight is 493 g/mol. The molecular weight excluding hydrogens is 461 g/mol. The maximum atomic E-state index is 12.8. The fourth-order valence-corrected chi connectivity index (χ4v) is 5.01. The van der Waals surface area contributed by atoms with Crippen LogP contribution < -0.4 is 0 Å². The highest BCUT2D eigenvalue weighted by atomic mass is 35.5. The Morgan fingerprint density at radius 3 is 2.18 bits per heavy atom. The zero-order chi connectivity index (χ0) is 23.3. The molecule has 0 amide bonds. The molecule has 8 heteroatoms. The van der Waals surface area contributed by atoms with Crippen molar-refractivity contribution in [2.45, 2.75) is 44.6 Å². The van der Waals surface area contributed by atoms with Gasteiger partial charge in [0, 0.05) is 32.2 Å². The van der Waals surface area contributed by atoms with Gasteiger partial charge in [0.2, 0.25) is 0 Å². The van der Waals surface area contributed by atoms with E-state index in [2.05, 4.69) is 26.8 Å². The molecule has 2 aromatic rings. The first-order valence-electron chi connectivity index (χ1n) is 11.7. The van der Waals surface area contributed by atoms with Gasteiger partial charge in [-0.3, -0.25) is 14.7 Å². The summed E-state index contributed by atoms with van der Waals surface area (Å²) in [7, 11) is 0. The summed E-state index contributed by atoms with van der Waals surface area (Å²) >= 11 is 0. The number of alkyl halides is 3. The van der Waals surface area contributed by atoms with Gasteiger partial charge in [-0.2, -0.15) is 18.4 Å². The summed E-state index contributed by atoms with van der Waals surface area (Å²) in [5, 5.41) is 9.10. The lowest BCUT2D eigenvalue weighted by Crippen LogP contribution is -2.45. The Balaban J connectivity index is 0.00000324. The van der Waals surface area contributed by atoms with E-state index in [4.69, 9.17) is 5.26 Å². The number of piperidine rings is 1. The Kier molecular flexibility index (Phi) is 9.38. The first kappa shape index (κ1) is 26.5. The van der Waals surface area contributed by atoms with Crippen LogP contribution in [0, 0.1) is 11.3 Å². The van der Waals surface area contributed by atoms with Crippen LogP contribution in [0.1, 0.15) is 41.5 Å². The SMILES string of the molecule is Cl.N#Cc1cccc(CN2CCC(N3CCCN(Cc4ccc(C(F)(F)F)cc4)CC3)CC2)c1. The topological polar surface area (TPSA) is 33.5 Å². The molecule has 0 bridgehead atoms. The smallest absolute Gasteiger partial charge is 0.299 e. The third kappa shape index (κ3) is 7.19. The van der Waals surface area contributed by atoms with Gasteiger partial charge in [0.05, 0.1) is 17.2 Å². The summed E-state index contributed by atoms with van der Waals surface area (Å²) in [5.74, 6) is 0. The van der Waals surface area contributed by atoms with E-state index in [1.54, 1.807) is 12.1 Å². The van der Waals surface area contributed by atoms with E-state index in [-0.39, 0.29) is 12.4 Å². The molecular formula is C26H32ClF3N4. The number of halogens is 4. The van der Waals surface area contributed by atoms with Gasteiger partial charge in [-0.05, 0) is 80.8 Å². The minimum absolute atomic E-state index is 0. The largest absolute Gasteiger partial charge is 0.416 e. The summed E-state index contributed by atoms with van der Waals surface area (Å²) in [6, 6.07) is 16.3. The first-order valence-corrected chi connectivity index (χ1v) is 11.7. The summed E-state index contributed by atoms with van der Waals surface area (Å²) in [4.78, 5) is 7.45. The molecule has 34 heavy (non-hydrogen) atoms. The van der Waals surface area contributed by atoms with Gasteiger partial charge in [-0.25, -0.2) is 0 Å². The first-order chi connectivity index (χ1) is 15.9. The van der Waals surface area contributed by atoms with Crippen LogP contribution in [0.5, 0.6) is 0 Å². The minimum Gasteiger partial charge on any atom is -0.299 e. The molecule has 0 unspecified atom stereocenters. The molecule has 2 saturated heterocycles. The predicted molar refractivity (Wildman–Crippen MR) is 130 cm³/mol. The van der Waals surface area contributed by atoms with Gasteiger partial charge in [0.15, 0.2) is 0 Å². The number of likely N-dealkylation sites (tertiary alicyclic amines) is 1. The third-order valence-corrected chi connectivity index (χ3v) is 6.85. The fourth-order valence-electron chi connectivity index (χ4n) is 5.01. The predicted octanol–water partition coefficient (Wildman–Crippen LogP) is 5.17. The molecule has 0 atom stereocenters. The van der Waals surface area contributed by atoms with Gasteiger partial charge in [-0.15, -0.1) is 12.4 Å². The maximum absolute atomic E-state index is 12.8. The second-order valence-electron chi connectivity index (χ2n) is 9.18. The molecule has 2 fully saturated rings. The van der Waals surface area contributed by atoms with Crippen molar-refractivity contribution in [3.05, 3.63) is 70.8 Å². The van der Waals surface area contributed by atoms with Crippen molar-refractivity contribution in [1.29, 1.82) is 5.26 Å². The van der Waals surface area contributed by atoms with Crippen molar-refractivity contribution in [3.63, 3.8) is 0 Å². The van der Waals surface area contributed by atoms with Crippen molar-refractivity contribution in [2.75, 3.05) is 39.3 Å². The van der Waals surface area contributed by atoms with E-state index < -0.39 is 11.7 Å². The van der Waals surface area contributed by atoms with E-state index in [1.165, 1.54) is 17.7 Å². The van der Waals surface area contributed by atoms with E-state index in [0.29, 0.717) is 18.2 Å². The lowest BCUT2D eigenvalue weighted by atomic mass is 10.0. The van der Waals surface area contributed by atoms with Crippen molar-refractivity contribution < 1.29 is 13.2 Å². The molecule has 0 radical (unpaired) electrons. The molecule has 0 aliphatic carbocycles. The van der Waals surface area contributed by atoms with E-state index in [0.717, 1.165) is 70.6 Å². The van der Waals surface area contributed by atoms with Crippen molar-refractivity contribution in [3.8, 4) is 6.07 Å². The number of hydrogen-bond donors (Lipinski definition) is 0. The van der Waals surface area contributed by atoms with Gasteiger partial charge < -0.3 is 0 Å². The minimum atomic E-state index is -4.28. The zero-order valence-electron chi connectivity index (χ0n) is 19.3. The Morgan fingerprint density at radius 1 is 0.824 bits per heavy atom. The fraction of sp³-hybridized carbons (Fsp3) is 0.500. The van der Waals surface area contributed by atoms with Crippen LogP contribution in [0.4, 0.5) is 13.2 Å². The Hall–Kier alpha value is -2.11. The van der Waals surface area contributed by atoms with Crippen LogP contribution in [-0.4, -0.2) is 60.0 Å². The molecule has 2 aromatic carbocycles. The Labute approximate surface area is 206 Å². The number of rotatable bonds is 5. The maximum Gasteiger partial charge on any atom is 0.416 e. The van der Waals surface area contributed by atoms with Crippen LogP contribution in [0.25, 0.3) is 0 Å². The molecule has 0 spiro atoms. The number of nitriles is 1.